The number of amides is 4. The Morgan fingerprint density at radius 1 is 0.867 bits per heavy atom. The minimum atomic E-state index is -2.69. The Morgan fingerprint density at radius 3 is 2.02 bits per heavy atom. The van der Waals surface area contributed by atoms with Gasteiger partial charge in [-0.15, -0.1) is 23.2 Å². The van der Waals surface area contributed by atoms with Crippen LogP contribution in [0.3, 0.4) is 0 Å². The van der Waals surface area contributed by atoms with E-state index in [2.05, 4.69) is 0 Å². The van der Waals surface area contributed by atoms with Gasteiger partial charge in [-0.25, -0.2) is 26.9 Å². The fourth-order valence-electron chi connectivity index (χ4n) is 7.49. The molecule has 2 aliphatic carbocycles. The predicted octanol–water partition coefficient (Wildman–Crippen LogP) is 5.76. The first-order valence-corrected chi connectivity index (χ1v) is 14.7. The van der Waals surface area contributed by atoms with Crippen molar-refractivity contribution in [3.05, 3.63) is 70.1 Å². The number of aromatic hydroxyl groups is 1. The van der Waals surface area contributed by atoms with E-state index in [1.165, 1.54) is 25.1 Å². The third-order valence-electron chi connectivity index (χ3n) is 9.47. The summed E-state index contributed by atoms with van der Waals surface area (Å²) in [5, 5.41) is 11.2. The quantitative estimate of drug-likeness (QED) is 0.110. The number of phenols is 1. The molecule has 2 aromatic carbocycles. The van der Waals surface area contributed by atoms with Crippen molar-refractivity contribution in [3.63, 3.8) is 0 Å². The fraction of sp³-hybridized carbons (Fsp3) is 0.419. The first kappa shape index (κ1) is 31.5. The molecule has 2 aromatic rings. The van der Waals surface area contributed by atoms with E-state index in [4.69, 9.17) is 23.2 Å². The lowest BCUT2D eigenvalue weighted by Crippen LogP contribution is -2.60. The van der Waals surface area contributed by atoms with Gasteiger partial charge >= 0.3 is 0 Å². The SMILES string of the molecule is Cc1cccc([C@H]2C3=CC[C@@H]4C(=O)N(C(C)(C)C)C(=O)[C@@H]4[C@@H]3C[C@@]3(Cl)C(=O)N(c4c(F)c(F)c(F)c(F)c4F)C(=O)[C@@]23Cl)c1O. The number of aryl methyl sites for hydroxylation is 1. The average Bonchev–Trinajstić information content (AvgIpc) is 3.31. The van der Waals surface area contributed by atoms with Crippen LogP contribution in [0.5, 0.6) is 5.75 Å². The molecule has 3 fully saturated rings. The highest BCUT2D eigenvalue weighted by Gasteiger charge is 2.77. The predicted molar refractivity (Wildman–Crippen MR) is 151 cm³/mol. The number of benzene rings is 2. The molecule has 6 rings (SSSR count). The lowest BCUT2D eigenvalue weighted by molar-refractivity contribution is -0.145. The van der Waals surface area contributed by atoms with Gasteiger partial charge in [-0.1, -0.05) is 29.8 Å². The van der Waals surface area contributed by atoms with Gasteiger partial charge in [0.2, 0.25) is 17.6 Å². The molecule has 0 aromatic heterocycles. The molecule has 2 heterocycles. The molecule has 2 saturated heterocycles. The van der Waals surface area contributed by atoms with Crippen LogP contribution in [0.4, 0.5) is 27.6 Å². The van der Waals surface area contributed by atoms with Gasteiger partial charge in [0.1, 0.15) is 11.4 Å². The molecule has 2 aliphatic heterocycles. The minimum absolute atomic E-state index is 0.0163. The zero-order valence-corrected chi connectivity index (χ0v) is 25.7. The number of carbonyl (C=O) groups excluding carboxylic acids is 4. The summed E-state index contributed by atoms with van der Waals surface area (Å²) < 4.78 is 72.8. The lowest BCUT2D eigenvalue weighted by atomic mass is 9.56. The zero-order valence-electron chi connectivity index (χ0n) is 24.2. The van der Waals surface area contributed by atoms with Crippen LogP contribution >= 0.6 is 23.2 Å². The van der Waals surface area contributed by atoms with Crippen molar-refractivity contribution >= 4 is 52.5 Å². The molecule has 0 unspecified atom stereocenters. The number of rotatable bonds is 2. The van der Waals surface area contributed by atoms with Crippen LogP contribution in [-0.2, 0) is 19.2 Å². The molecular formula is C31H25Cl2F5N2O5. The molecule has 1 N–H and O–H groups in total. The Morgan fingerprint density at radius 2 is 1.44 bits per heavy atom. The number of alkyl halides is 2. The Kier molecular flexibility index (Phi) is 6.82. The molecule has 4 amide bonds. The number of halogens is 7. The van der Waals surface area contributed by atoms with Crippen molar-refractivity contribution in [1.29, 1.82) is 0 Å². The number of hydrogen-bond donors (Lipinski definition) is 1. The molecule has 7 nitrogen and oxygen atoms in total. The summed E-state index contributed by atoms with van der Waals surface area (Å²) in [6.07, 6.45) is 0.985. The van der Waals surface area contributed by atoms with E-state index in [1.54, 1.807) is 26.8 Å². The molecule has 0 radical (unpaired) electrons. The van der Waals surface area contributed by atoms with E-state index in [9.17, 15) is 37.5 Å². The molecule has 6 atom stereocenters. The summed E-state index contributed by atoms with van der Waals surface area (Å²) in [4.78, 5) is 51.3. The van der Waals surface area contributed by atoms with Crippen molar-refractivity contribution in [1.82, 2.24) is 4.90 Å². The smallest absolute Gasteiger partial charge is 0.258 e. The van der Waals surface area contributed by atoms with E-state index in [0.29, 0.717) is 5.56 Å². The molecule has 4 aliphatic rings. The molecule has 1 saturated carbocycles. The van der Waals surface area contributed by atoms with Gasteiger partial charge in [0.05, 0.1) is 11.8 Å². The van der Waals surface area contributed by atoms with Crippen LogP contribution < -0.4 is 4.90 Å². The molecule has 238 valence electrons. The topological polar surface area (TPSA) is 95.0 Å². The number of nitrogens with zero attached hydrogens (tertiary/aromatic N) is 2. The van der Waals surface area contributed by atoms with Crippen molar-refractivity contribution in [3.8, 4) is 5.75 Å². The highest BCUT2D eigenvalue weighted by atomic mass is 35.5. The minimum Gasteiger partial charge on any atom is -0.507 e. The lowest BCUT2D eigenvalue weighted by Gasteiger charge is -2.50. The van der Waals surface area contributed by atoms with Crippen LogP contribution in [0.25, 0.3) is 0 Å². The third kappa shape index (κ3) is 3.81. The molecular weight excluding hydrogens is 646 g/mol. The molecule has 14 heteroatoms. The standard InChI is InChI=1S/C31H25Cl2F5N2O5/c1-11-6-5-7-14(24(11)41)17-12-8-9-13-16(26(43)40(25(13)42)29(2,3)4)15(12)10-30(32)27(44)39(28(45)31(17,30)33)23-21(37)19(35)18(34)20(36)22(23)38/h5-8,13,15-17,41H,9-10H2,1-4H3/t13-,15+,16-,17+,30+,31-/m0/s1. The number of carbonyl (C=O) groups is 4. The van der Waals surface area contributed by atoms with Gasteiger partial charge in [0.25, 0.3) is 11.8 Å². The van der Waals surface area contributed by atoms with Crippen molar-refractivity contribution in [2.24, 2.45) is 17.8 Å². The highest BCUT2D eigenvalue weighted by Crippen LogP contribution is 2.67. The second-order valence-corrected chi connectivity index (χ2v) is 14.1. The van der Waals surface area contributed by atoms with E-state index < -0.39 is 104 Å². The second-order valence-electron chi connectivity index (χ2n) is 12.9. The number of phenolic OH excluding ortho intramolecular Hbond substituents is 1. The first-order valence-electron chi connectivity index (χ1n) is 14.0. The largest absolute Gasteiger partial charge is 0.507 e. The maximum atomic E-state index is 15.1. The summed E-state index contributed by atoms with van der Waals surface area (Å²) in [6.45, 7) is 6.52. The van der Waals surface area contributed by atoms with Crippen molar-refractivity contribution < 1.29 is 46.2 Å². The number of fused-ring (bicyclic) bond motifs is 4. The summed E-state index contributed by atoms with van der Waals surface area (Å²) in [7, 11) is 0. The van der Waals surface area contributed by atoms with Gasteiger partial charge in [0, 0.05) is 17.0 Å². The number of imide groups is 2. The van der Waals surface area contributed by atoms with E-state index in [-0.39, 0.29) is 28.2 Å². The van der Waals surface area contributed by atoms with Gasteiger partial charge < -0.3 is 5.11 Å². The molecule has 0 bridgehead atoms. The molecule has 45 heavy (non-hydrogen) atoms. The van der Waals surface area contributed by atoms with Gasteiger partial charge in [0.15, 0.2) is 33.0 Å². The number of allylic oxidation sites excluding steroid dienone is 2. The maximum Gasteiger partial charge on any atom is 0.258 e. The Balaban J connectivity index is 1.62. The van der Waals surface area contributed by atoms with Gasteiger partial charge in [-0.3, -0.25) is 24.1 Å². The Hall–Kier alpha value is -3.51. The van der Waals surface area contributed by atoms with Gasteiger partial charge in [-0.2, -0.15) is 0 Å². The van der Waals surface area contributed by atoms with Crippen molar-refractivity contribution in [2.75, 3.05) is 4.90 Å². The number of likely N-dealkylation sites (tertiary alicyclic amines) is 1. The third-order valence-corrected chi connectivity index (χ3v) is 10.9. The number of anilines is 1. The number of hydrogen-bond acceptors (Lipinski definition) is 5. The second kappa shape index (κ2) is 9.75. The number of para-hydroxylation sites is 1. The average molecular weight is 671 g/mol. The fourth-order valence-corrected chi connectivity index (χ4v) is 8.41. The summed E-state index contributed by atoms with van der Waals surface area (Å²) in [5.41, 5.74) is -2.24. The van der Waals surface area contributed by atoms with E-state index in [1.807, 2.05) is 0 Å². The van der Waals surface area contributed by atoms with Crippen LogP contribution in [0.2, 0.25) is 0 Å². The van der Waals surface area contributed by atoms with Crippen LogP contribution in [-0.4, -0.2) is 48.9 Å². The van der Waals surface area contributed by atoms with Gasteiger partial charge in [-0.05, 0) is 52.0 Å². The monoisotopic (exact) mass is 670 g/mol. The highest BCUT2D eigenvalue weighted by molar-refractivity contribution is 6.58. The summed E-state index contributed by atoms with van der Waals surface area (Å²) in [6, 6.07) is 4.42. The summed E-state index contributed by atoms with van der Waals surface area (Å²) in [5.74, 6) is -21.4. The normalized spacial score (nSPS) is 31.3. The van der Waals surface area contributed by atoms with Crippen LogP contribution in [0.15, 0.2) is 29.8 Å². The summed E-state index contributed by atoms with van der Waals surface area (Å²) >= 11 is 14.1. The van der Waals surface area contributed by atoms with Crippen molar-refractivity contribution in [2.45, 2.75) is 61.7 Å². The maximum absolute atomic E-state index is 15.1. The van der Waals surface area contributed by atoms with E-state index >= 15 is 8.78 Å². The van der Waals surface area contributed by atoms with E-state index in [0.717, 1.165) is 4.90 Å². The molecule has 0 spiro atoms. The first-order chi connectivity index (χ1) is 20.8. The Labute approximate surface area is 263 Å². The van der Waals surface area contributed by atoms with Crippen LogP contribution in [0.1, 0.15) is 50.7 Å². The van der Waals surface area contributed by atoms with Crippen LogP contribution in [0, 0.1) is 53.8 Å². The Bertz CT molecular complexity index is 1770. The zero-order chi connectivity index (χ0) is 33.3.